The van der Waals surface area contributed by atoms with E-state index in [1.807, 2.05) is 21.1 Å². The van der Waals surface area contributed by atoms with Crippen LogP contribution in [-0.4, -0.2) is 82.3 Å². The van der Waals surface area contributed by atoms with Gasteiger partial charge in [-0.15, -0.1) is 0 Å². The lowest BCUT2D eigenvalue weighted by Crippen LogP contribution is -2.44. The number of carboxylic acid groups (broad SMARTS) is 1. The van der Waals surface area contributed by atoms with E-state index in [2.05, 4.69) is 86.8 Å². The summed E-state index contributed by atoms with van der Waals surface area (Å²) in [6.45, 7) is 4.62. The summed E-state index contributed by atoms with van der Waals surface area (Å²) in [5.74, 6) is -2.28. The number of hydrogen-bond acceptors (Lipinski definition) is 8. The summed E-state index contributed by atoms with van der Waals surface area (Å²) in [5, 5.41) is 11.8. The maximum atomic E-state index is 12.9. The van der Waals surface area contributed by atoms with Crippen LogP contribution in [-0.2, 0) is 33.3 Å². The number of carboxylic acids is 1. The Labute approximate surface area is 481 Å². The number of rotatable bonds is 60. The summed E-state index contributed by atoms with van der Waals surface area (Å²) in [6, 6.07) is 0. The average molecular weight is 1090 g/mol. The second-order valence-electron chi connectivity index (χ2n) is 23.0. The highest BCUT2D eigenvalue weighted by Crippen LogP contribution is 2.17. The molecule has 0 amide bonds. The van der Waals surface area contributed by atoms with Gasteiger partial charge in [0.05, 0.1) is 40.3 Å². The first-order valence-electron chi connectivity index (χ1n) is 32.6. The highest BCUT2D eigenvalue weighted by Gasteiger charge is 2.22. The summed E-state index contributed by atoms with van der Waals surface area (Å²) in [4.78, 5) is 37.2. The van der Waals surface area contributed by atoms with Crippen molar-refractivity contribution in [3.63, 3.8) is 0 Å². The van der Waals surface area contributed by atoms with E-state index >= 15 is 0 Å². The number of nitrogens with zero attached hydrogens (tertiary/aromatic N) is 1. The van der Waals surface area contributed by atoms with Gasteiger partial charge in [0.2, 0.25) is 0 Å². The average Bonchev–Trinajstić information content (AvgIpc) is 3.41. The van der Waals surface area contributed by atoms with E-state index in [1.165, 1.54) is 173 Å². The normalized spacial score (nSPS) is 13.2. The van der Waals surface area contributed by atoms with Crippen molar-refractivity contribution in [3.8, 4) is 0 Å². The van der Waals surface area contributed by atoms with E-state index in [9.17, 15) is 19.5 Å². The topological polar surface area (TPSA) is 111 Å². The van der Waals surface area contributed by atoms with Crippen LogP contribution in [0.25, 0.3) is 0 Å². The molecule has 0 bridgehead atoms. The third-order valence-corrected chi connectivity index (χ3v) is 14.2. The Morgan fingerprint density at radius 1 is 0.397 bits per heavy atom. The van der Waals surface area contributed by atoms with Crippen molar-refractivity contribution in [3.05, 3.63) is 72.9 Å². The summed E-state index contributed by atoms with van der Waals surface area (Å²) in [7, 11) is 5.92. The van der Waals surface area contributed by atoms with E-state index in [-0.39, 0.29) is 38.6 Å². The molecule has 0 aliphatic carbocycles. The fraction of sp³-hybridized carbons (Fsp3) is 0.783. The maximum absolute atomic E-state index is 12.9. The van der Waals surface area contributed by atoms with E-state index in [0.717, 1.165) is 83.5 Å². The molecule has 0 aromatic carbocycles. The van der Waals surface area contributed by atoms with Gasteiger partial charge in [0.15, 0.2) is 12.4 Å². The van der Waals surface area contributed by atoms with Crippen LogP contribution in [0.1, 0.15) is 290 Å². The van der Waals surface area contributed by atoms with Gasteiger partial charge in [-0.3, -0.25) is 9.59 Å². The highest BCUT2D eigenvalue weighted by molar-refractivity contribution is 5.70. The molecule has 0 aromatic heterocycles. The van der Waals surface area contributed by atoms with E-state index in [1.54, 1.807) is 0 Å². The molecular formula is C69H123NO8. The van der Waals surface area contributed by atoms with Gasteiger partial charge >= 0.3 is 11.9 Å². The Morgan fingerprint density at radius 3 is 1.10 bits per heavy atom. The molecule has 2 unspecified atom stereocenters. The Hall–Kier alpha value is -3.27. The van der Waals surface area contributed by atoms with Crippen molar-refractivity contribution in [2.75, 3.05) is 47.5 Å². The smallest absolute Gasteiger partial charge is 0.306 e. The number of unbranched alkanes of at least 4 members (excludes halogenated alkanes) is 33. The monoisotopic (exact) mass is 1090 g/mol. The number of carbonyl (C=O) groups excluding carboxylic acids is 3. The van der Waals surface area contributed by atoms with Crippen LogP contribution >= 0.6 is 0 Å². The molecule has 0 N–H and O–H groups in total. The molecule has 0 fully saturated rings. The number of esters is 2. The number of likely N-dealkylation sites (N-methyl/N-ethyl adjacent to an activating group) is 1. The van der Waals surface area contributed by atoms with Crippen LogP contribution < -0.4 is 5.11 Å². The van der Waals surface area contributed by atoms with Crippen molar-refractivity contribution in [2.45, 2.75) is 302 Å². The Kier molecular flexibility index (Phi) is 57.3. The zero-order valence-electron chi connectivity index (χ0n) is 51.5. The first-order chi connectivity index (χ1) is 38.1. The second kappa shape index (κ2) is 59.8. The predicted octanol–water partition coefficient (Wildman–Crippen LogP) is 18.4. The molecule has 452 valence electrons. The quantitative estimate of drug-likeness (QED) is 0.0195. The lowest BCUT2D eigenvalue weighted by Gasteiger charge is -2.26. The van der Waals surface area contributed by atoms with Gasteiger partial charge in [-0.05, 0) is 83.5 Å². The minimum atomic E-state index is -1.62. The third-order valence-electron chi connectivity index (χ3n) is 14.2. The molecule has 0 rings (SSSR count). The van der Waals surface area contributed by atoms with E-state index in [0.29, 0.717) is 17.4 Å². The van der Waals surface area contributed by atoms with Crippen LogP contribution in [0.3, 0.4) is 0 Å². The molecule has 0 aliphatic rings. The van der Waals surface area contributed by atoms with E-state index < -0.39 is 24.3 Å². The predicted molar refractivity (Wildman–Crippen MR) is 329 cm³/mol. The third kappa shape index (κ3) is 60.4. The number of quaternary nitrogens is 1. The van der Waals surface area contributed by atoms with E-state index in [4.69, 9.17) is 18.9 Å². The summed E-state index contributed by atoms with van der Waals surface area (Å²) in [5.41, 5.74) is 0. The SMILES string of the molecule is CC/C=C\C/C=C\C/C=C\C/C=C\C/C=C\CCCCCCCCCCCCCCCCCCCCCCCCCCCC(=O)OC(COC(=O)CCCCCCC/C=C\CCCCC)COC(OCC[N+](C)(C)C)C(=O)[O-]. The summed E-state index contributed by atoms with van der Waals surface area (Å²) < 4.78 is 22.7. The Bertz CT molecular complexity index is 1510. The lowest BCUT2D eigenvalue weighted by molar-refractivity contribution is -0.870. The molecule has 0 saturated carbocycles. The Balaban J connectivity index is 3.90. The molecule has 0 radical (unpaired) electrons. The van der Waals surface area contributed by atoms with Crippen molar-refractivity contribution < 1.29 is 42.9 Å². The van der Waals surface area contributed by atoms with Crippen LogP contribution in [0, 0.1) is 0 Å². The van der Waals surface area contributed by atoms with Crippen molar-refractivity contribution in [1.29, 1.82) is 0 Å². The number of carbonyl (C=O) groups is 3. The van der Waals surface area contributed by atoms with Crippen LogP contribution in [0.4, 0.5) is 0 Å². The fourth-order valence-electron chi connectivity index (χ4n) is 9.21. The molecule has 0 aromatic rings. The molecule has 0 heterocycles. The second-order valence-corrected chi connectivity index (χ2v) is 23.0. The van der Waals surface area contributed by atoms with Gasteiger partial charge in [-0.2, -0.15) is 0 Å². The fourth-order valence-corrected chi connectivity index (χ4v) is 9.21. The number of hydrogen-bond donors (Lipinski definition) is 0. The van der Waals surface area contributed by atoms with Crippen molar-refractivity contribution in [1.82, 2.24) is 0 Å². The van der Waals surface area contributed by atoms with Gasteiger partial charge in [-0.25, -0.2) is 0 Å². The molecule has 2 atom stereocenters. The first-order valence-corrected chi connectivity index (χ1v) is 32.6. The number of allylic oxidation sites excluding steroid dienone is 12. The van der Waals surface area contributed by atoms with Gasteiger partial charge < -0.3 is 33.3 Å². The molecular weight excluding hydrogens is 971 g/mol. The highest BCUT2D eigenvalue weighted by atomic mass is 16.7. The van der Waals surface area contributed by atoms with Gasteiger partial charge in [0.25, 0.3) is 0 Å². The van der Waals surface area contributed by atoms with Gasteiger partial charge in [-0.1, -0.05) is 267 Å². The molecule has 0 aliphatic heterocycles. The number of aliphatic carboxylic acids is 1. The summed E-state index contributed by atoms with van der Waals surface area (Å²) in [6.07, 6.45) is 75.7. The van der Waals surface area contributed by atoms with Crippen molar-refractivity contribution in [2.24, 2.45) is 0 Å². The molecule has 9 nitrogen and oxygen atoms in total. The molecule has 0 spiro atoms. The van der Waals surface area contributed by atoms with Crippen molar-refractivity contribution >= 4 is 17.9 Å². The van der Waals surface area contributed by atoms with Gasteiger partial charge in [0, 0.05) is 12.8 Å². The molecule has 0 saturated heterocycles. The minimum absolute atomic E-state index is 0.147. The maximum Gasteiger partial charge on any atom is 0.306 e. The largest absolute Gasteiger partial charge is 0.545 e. The summed E-state index contributed by atoms with van der Waals surface area (Å²) >= 11 is 0. The zero-order valence-corrected chi connectivity index (χ0v) is 51.5. The Morgan fingerprint density at radius 2 is 0.731 bits per heavy atom. The van der Waals surface area contributed by atoms with Gasteiger partial charge in [0.1, 0.15) is 13.2 Å². The van der Waals surface area contributed by atoms with Crippen LogP contribution in [0.2, 0.25) is 0 Å². The lowest BCUT2D eigenvalue weighted by atomic mass is 10.0. The zero-order chi connectivity index (χ0) is 56.9. The molecule has 9 heteroatoms. The number of ether oxygens (including phenoxy) is 4. The first kappa shape index (κ1) is 74.7. The standard InChI is InChI=1S/C69H123NO8/c1-6-8-10-12-14-16-18-20-21-22-23-24-25-26-27-28-29-30-31-32-33-34-35-36-37-38-39-40-41-42-43-44-45-46-47-48-50-52-54-56-58-60-67(72)78-65(64-77-69(68(73)74)75-62-61-70(3,4)5)63-76-66(71)59-57-55-53-51-49-19-17-15-13-11-9-7-2/h8,10,14-17,20-21,23-24,26-27,65,69H,6-7,9,11-13,18-19,22,25,28-64H2,1-5H3/b10-8-,16-14-,17-15-,21-20-,24-23-,27-26-. The van der Waals surface area contributed by atoms with Crippen LogP contribution in [0.15, 0.2) is 72.9 Å². The minimum Gasteiger partial charge on any atom is -0.545 e. The van der Waals surface area contributed by atoms with Crippen LogP contribution in [0.5, 0.6) is 0 Å². The molecule has 78 heavy (non-hydrogen) atoms.